The van der Waals surface area contributed by atoms with Gasteiger partial charge < -0.3 is 4.90 Å². The van der Waals surface area contributed by atoms with E-state index in [-0.39, 0.29) is 11.8 Å². The Balaban J connectivity index is 1.81. The van der Waals surface area contributed by atoms with Crippen LogP contribution in [0, 0.1) is 26.7 Å². The highest BCUT2D eigenvalue weighted by Crippen LogP contribution is 2.32. The molecule has 1 amide bonds. The smallest absolute Gasteiger partial charge is 0.243 e. The first-order valence-corrected chi connectivity index (χ1v) is 10.1. The Hall–Kier alpha value is -1.40. The second kappa shape index (κ2) is 6.48. The van der Waals surface area contributed by atoms with Crippen molar-refractivity contribution in [1.82, 2.24) is 9.21 Å². The molecule has 1 heterocycles. The predicted octanol–water partition coefficient (Wildman–Crippen LogP) is 2.24. The van der Waals surface area contributed by atoms with Gasteiger partial charge in [0.05, 0.1) is 4.90 Å². The third-order valence-electron chi connectivity index (χ3n) is 4.90. The van der Waals surface area contributed by atoms with Gasteiger partial charge in [0.1, 0.15) is 0 Å². The maximum absolute atomic E-state index is 13.1. The fourth-order valence-electron chi connectivity index (χ4n) is 3.65. The number of rotatable bonds is 3. The number of carbonyl (C=O) groups excluding carboxylic acids is 1. The van der Waals surface area contributed by atoms with E-state index in [1.165, 1.54) is 0 Å². The summed E-state index contributed by atoms with van der Waals surface area (Å²) in [5, 5.41) is 0. The minimum atomic E-state index is -3.52. The second-order valence-corrected chi connectivity index (χ2v) is 8.96. The summed E-state index contributed by atoms with van der Waals surface area (Å²) < 4.78 is 27.8. The van der Waals surface area contributed by atoms with Crippen LogP contribution < -0.4 is 0 Å². The lowest BCUT2D eigenvalue weighted by atomic mass is 10.1. The van der Waals surface area contributed by atoms with E-state index in [1.807, 2.05) is 37.8 Å². The molecule has 1 aromatic carbocycles. The van der Waals surface area contributed by atoms with Gasteiger partial charge in [-0.25, -0.2) is 8.42 Å². The lowest BCUT2D eigenvalue weighted by Crippen LogP contribution is -2.38. The van der Waals surface area contributed by atoms with Crippen LogP contribution in [0.25, 0.3) is 0 Å². The average Bonchev–Trinajstić information content (AvgIpc) is 3.32. The molecule has 24 heavy (non-hydrogen) atoms. The average molecular weight is 350 g/mol. The number of carbonyl (C=O) groups is 1. The van der Waals surface area contributed by atoms with Crippen molar-refractivity contribution in [2.24, 2.45) is 5.92 Å². The Bertz CT molecular complexity index is 731. The quantitative estimate of drug-likeness (QED) is 0.840. The third-order valence-corrected chi connectivity index (χ3v) is 7.10. The normalized spacial score (nSPS) is 20.0. The number of nitrogens with zero attached hydrogens (tertiary/aromatic N) is 2. The number of sulfonamides is 1. The fraction of sp³-hybridized carbons (Fsp3) is 0.611. The topological polar surface area (TPSA) is 57.7 Å². The first kappa shape index (κ1) is 17.4. The van der Waals surface area contributed by atoms with Crippen LogP contribution in [0.5, 0.6) is 0 Å². The van der Waals surface area contributed by atoms with Crippen LogP contribution in [0.1, 0.15) is 36.0 Å². The van der Waals surface area contributed by atoms with Crippen LogP contribution in [0.3, 0.4) is 0 Å². The number of aryl methyl sites for hydroxylation is 3. The maximum Gasteiger partial charge on any atom is 0.243 e. The van der Waals surface area contributed by atoms with Crippen molar-refractivity contribution >= 4 is 15.9 Å². The number of benzene rings is 1. The Morgan fingerprint density at radius 2 is 1.62 bits per heavy atom. The van der Waals surface area contributed by atoms with E-state index in [9.17, 15) is 13.2 Å². The van der Waals surface area contributed by atoms with E-state index in [0.29, 0.717) is 37.5 Å². The lowest BCUT2D eigenvalue weighted by molar-refractivity contribution is -0.132. The van der Waals surface area contributed by atoms with Gasteiger partial charge >= 0.3 is 0 Å². The van der Waals surface area contributed by atoms with Crippen molar-refractivity contribution < 1.29 is 13.2 Å². The van der Waals surface area contributed by atoms with Gasteiger partial charge in [-0.15, -0.1) is 0 Å². The molecule has 0 spiro atoms. The molecular formula is C18H26N2O3S. The number of hydrogen-bond donors (Lipinski definition) is 0. The first-order chi connectivity index (χ1) is 11.3. The molecule has 0 N–H and O–H groups in total. The molecule has 0 radical (unpaired) electrons. The van der Waals surface area contributed by atoms with Crippen LogP contribution >= 0.6 is 0 Å². The zero-order valence-electron chi connectivity index (χ0n) is 14.7. The highest BCUT2D eigenvalue weighted by molar-refractivity contribution is 7.89. The van der Waals surface area contributed by atoms with Crippen LogP contribution in [0.4, 0.5) is 0 Å². The molecule has 1 aliphatic heterocycles. The molecule has 2 fully saturated rings. The summed E-state index contributed by atoms with van der Waals surface area (Å²) in [4.78, 5) is 14.5. The van der Waals surface area contributed by atoms with Gasteiger partial charge in [-0.2, -0.15) is 4.31 Å². The maximum atomic E-state index is 13.1. The number of amides is 1. The fourth-order valence-corrected chi connectivity index (χ4v) is 5.53. The minimum Gasteiger partial charge on any atom is -0.341 e. The second-order valence-electron chi connectivity index (χ2n) is 7.09. The van der Waals surface area contributed by atoms with E-state index in [0.717, 1.165) is 29.5 Å². The summed E-state index contributed by atoms with van der Waals surface area (Å²) >= 11 is 0. The molecule has 6 heteroatoms. The molecular weight excluding hydrogens is 324 g/mol. The molecule has 0 unspecified atom stereocenters. The molecule has 0 atom stereocenters. The summed E-state index contributed by atoms with van der Waals surface area (Å²) in [6.07, 6.45) is 2.67. The van der Waals surface area contributed by atoms with Crippen molar-refractivity contribution in [3.63, 3.8) is 0 Å². The zero-order valence-corrected chi connectivity index (χ0v) is 15.5. The Kier molecular flexibility index (Phi) is 4.71. The van der Waals surface area contributed by atoms with E-state index < -0.39 is 10.0 Å². The van der Waals surface area contributed by atoms with Gasteiger partial charge in [-0.05, 0) is 51.2 Å². The highest BCUT2D eigenvalue weighted by Gasteiger charge is 2.35. The van der Waals surface area contributed by atoms with Crippen molar-refractivity contribution in [3.05, 3.63) is 28.8 Å². The standard InChI is InChI=1S/C18H26N2O3S/c1-13-11-14(2)17(15(3)12-13)24(22,23)20-8-4-7-19(9-10-20)18(21)16-5-6-16/h11-12,16H,4-10H2,1-3H3. The van der Waals surface area contributed by atoms with Crippen LogP contribution in [0.2, 0.25) is 0 Å². The molecule has 132 valence electrons. The van der Waals surface area contributed by atoms with E-state index >= 15 is 0 Å². The van der Waals surface area contributed by atoms with Gasteiger partial charge in [-0.1, -0.05) is 17.7 Å². The van der Waals surface area contributed by atoms with Crippen LogP contribution in [-0.4, -0.2) is 49.7 Å². The summed E-state index contributed by atoms with van der Waals surface area (Å²) in [5.41, 5.74) is 2.66. The molecule has 2 aliphatic rings. The molecule has 3 rings (SSSR count). The third kappa shape index (κ3) is 3.35. The van der Waals surface area contributed by atoms with Gasteiger partial charge in [0, 0.05) is 32.1 Å². The zero-order chi connectivity index (χ0) is 17.5. The molecule has 1 saturated heterocycles. The van der Waals surface area contributed by atoms with Crippen molar-refractivity contribution in [3.8, 4) is 0 Å². The van der Waals surface area contributed by atoms with Gasteiger partial charge in [0.25, 0.3) is 0 Å². The largest absolute Gasteiger partial charge is 0.341 e. The molecule has 0 bridgehead atoms. The minimum absolute atomic E-state index is 0.190. The summed E-state index contributed by atoms with van der Waals surface area (Å²) in [7, 11) is -3.52. The number of hydrogen-bond acceptors (Lipinski definition) is 3. The first-order valence-electron chi connectivity index (χ1n) is 8.67. The Labute approximate surface area is 144 Å². The molecule has 1 saturated carbocycles. The van der Waals surface area contributed by atoms with Gasteiger partial charge in [0.2, 0.25) is 15.9 Å². The molecule has 1 aromatic rings. The summed E-state index contributed by atoms with van der Waals surface area (Å²) in [6.45, 7) is 7.70. The van der Waals surface area contributed by atoms with Gasteiger partial charge in [-0.3, -0.25) is 4.79 Å². The van der Waals surface area contributed by atoms with Crippen LogP contribution in [-0.2, 0) is 14.8 Å². The van der Waals surface area contributed by atoms with Crippen molar-refractivity contribution in [2.45, 2.75) is 44.9 Å². The molecule has 5 nitrogen and oxygen atoms in total. The van der Waals surface area contributed by atoms with E-state index in [2.05, 4.69) is 0 Å². The highest BCUT2D eigenvalue weighted by atomic mass is 32.2. The van der Waals surface area contributed by atoms with Crippen LogP contribution in [0.15, 0.2) is 17.0 Å². The monoisotopic (exact) mass is 350 g/mol. The van der Waals surface area contributed by atoms with E-state index in [1.54, 1.807) is 4.31 Å². The van der Waals surface area contributed by atoms with Crippen molar-refractivity contribution in [2.75, 3.05) is 26.2 Å². The van der Waals surface area contributed by atoms with Gasteiger partial charge in [0.15, 0.2) is 0 Å². The van der Waals surface area contributed by atoms with E-state index in [4.69, 9.17) is 0 Å². The predicted molar refractivity (Wildman–Crippen MR) is 93.3 cm³/mol. The SMILES string of the molecule is Cc1cc(C)c(S(=O)(=O)N2CCCN(C(=O)C3CC3)CC2)c(C)c1. The van der Waals surface area contributed by atoms with Crippen molar-refractivity contribution in [1.29, 1.82) is 0 Å². The molecule has 1 aliphatic carbocycles. The lowest BCUT2D eigenvalue weighted by Gasteiger charge is -2.23. The summed E-state index contributed by atoms with van der Waals surface area (Å²) in [6, 6.07) is 3.83. The Morgan fingerprint density at radius 1 is 1.00 bits per heavy atom. The Morgan fingerprint density at radius 3 is 2.21 bits per heavy atom. The summed E-state index contributed by atoms with van der Waals surface area (Å²) in [5.74, 6) is 0.395. The molecule has 0 aromatic heterocycles.